The molecule has 0 spiro atoms. The zero-order valence-corrected chi connectivity index (χ0v) is 16.5. The van der Waals surface area contributed by atoms with Crippen molar-refractivity contribution in [2.75, 3.05) is 30.0 Å². The first-order chi connectivity index (χ1) is 13.1. The molecule has 6 heteroatoms. The minimum atomic E-state index is -0.314. The van der Waals surface area contributed by atoms with Gasteiger partial charge in [0, 0.05) is 30.4 Å². The van der Waals surface area contributed by atoms with Crippen molar-refractivity contribution in [2.24, 2.45) is 0 Å². The van der Waals surface area contributed by atoms with Gasteiger partial charge in [0.2, 0.25) is 0 Å². The van der Waals surface area contributed by atoms with Gasteiger partial charge in [0.1, 0.15) is 5.75 Å². The van der Waals surface area contributed by atoms with E-state index in [1.165, 1.54) is 4.90 Å². The van der Waals surface area contributed by atoms with Gasteiger partial charge in [-0.15, -0.1) is 0 Å². The summed E-state index contributed by atoms with van der Waals surface area (Å²) in [7, 11) is 1.61. The number of para-hydroxylation sites is 1. The van der Waals surface area contributed by atoms with E-state index in [0.29, 0.717) is 16.3 Å². The van der Waals surface area contributed by atoms with E-state index in [1.807, 2.05) is 24.3 Å². The molecular formula is C21H22N2O3S. The highest BCUT2D eigenvalue weighted by molar-refractivity contribution is 8.19. The normalized spacial score (nSPS) is 15.5. The third-order valence-electron chi connectivity index (χ3n) is 4.44. The van der Waals surface area contributed by atoms with Crippen molar-refractivity contribution in [3.05, 3.63) is 59.0 Å². The second-order valence-electron chi connectivity index (χ2n) is 5.95. The number of benzene rings is 2. The van der Waals surface area contributed by atoms with Crippen LogP contribution in [0.15, 0.2) is 53.4 Å². The fourth-order valence-corrected chi connectivity index (χ4v) is 3.85. The molecule has 27 heavy (non-hydrogen) atoms. The van der Waals surface area contributed by atoms with E-state index >= 15 is 0 Å². The van der Waals surface area contributed by atoms with Crippen molar-refractivity contribution in [3.8, 4) is 5.75 Å². The molecule has 1 fully saturated rings. The van der Waals surface area contributed by atoms with Gasteiger partial charge in [0.25, 0.3) is 11.1 Å². The lowest BCUT2D eigenvalue weighted by molar-refractivity contribution is -0.113. The summed E-state index contributed by atoms with van der Waals surface area (Å²) >= 11 is 0.943. The predicted molar refractivity (Wildman–Crippen MR) is 111 cm³/mol. The smallest absolute Gasteiger partial charge is 0.298 e. The van der Waals surface area contributed by atoms with E-state index in [2.05, 4.69) is 18.7 Å². The minimum Gasteiger partial charge on any atom is -0.496 e. The van der Waals surface area contributed by atoms with Gasteiger partial charge in [-0.1, -0.05) is 18.2 Å². The Balaban J connectivity index is 1.93. The lowest BCUT2D eigenvalue weighted by atomic mass is 10.1. The van der Waals surface area contributed by atoms with Crippen LogP contribution in [0, 0.1) is 0 Å². The van der Waals surface area contributed by atoms with Crippen LogP contribution in [0.3, 0.4) is 0 Å². The number of ether oxygens (including phenoxy) is 1. The van der Waals surface area contributed by atoms with Gasteiger partial charge >= 0.3 is 0 Å². The molecule has 0 radical (unpaired) electrons. The quantitative estimate of drug-likeness (QED) is 0.673. The standard InChI is InChI=1S/C21H22N2O3S/c1-4-22(5-2)17-12-11-15(18(14-17)26-3)13-19-20(24)23(21(25)27-19)16-9-7-6-8-10-16/h6-14H,4-5H2,1-3H3. The minimum absolute atomic E-state index is 0.295. The fraction of sp³-hybridized carbons (Fsp3) is 0.238. The third-order valence-corrected chi connectivity index (χ3v) is 5.31. The van der Waals surface area contributed by atoms with Crippen LogP contribution in [0.2, 0.25) is 0 Å². The zero-order chi connectivity index (χ0) is 19.4. The number of hydrogen-bond acceptors (Lipinski definition) is 5. The van der Waals surface area contributed by atoms with Crippen molar-refractivity contribution in [2.45, 2.75) is 13.8 Å². The Hall–Kier alpha value is -2.73. The van der Waals surface area contributed by atoms with E-state index in [4.69, 9.17) is 4.74 Å². The summed E-state index contributed by atoms with van der Waals surface area (Å²) in [6.07, 6.45) is 1.72. The molecule has 0 saturated carbocycles. The molecule has 1 saturated heterocycles. The Morgan fingerprint density at radius 1 is 1.07 bits per heavy atom. The molecule has 2 aromatic carbocycles. The molecule has 1 aliphatic heterocycles. The van der Waals surface area contributed by atoms with Gasteiger partial charge in [-0.3, -0.25) is 9.59 Å². The molecule has 1 aliphatic rings. The summed E-state index contributed by atoms with van der Waals surface area (Å²) < 4.78 is 5.52. The number of carbonyl (C=O) groups is 2. The summed E-state index contributed by atoms with van der Waals surface area (Å²) in [5.41, 5.74) is 2.41. The van der Waals surface area contributed by atoms with Crippen molar-refractivity contribution < 1.29 is 14.3 Å². The number of methoxy groups -OCH3 is 1. The second-order valence-corrected chi connectivity index (χ2v) is 6.94. The number of imide groups is 1. The van der Waals surface area contributed by atoms with Crippen LogP contribution in [-0.2, 0) is 4.79 Å². The summed E-state index contributed by atoms with van der Waals surface area (Å²) in [5, 5.41) is -0.295. The van der Waals surface area contributed by atoms with Gasteiger partial charge in [0.05, 0.1) is 17.7 Å². The Labute approximate surface area is 163 Å². The van der Waals surface area contributed by atoms with Crippen LogP contribution in [0.4, 0.5) is 16.2 Å². The SMILES string of the molecule is CCN(CC)c1ccc(C=C2SC(=O)N(c3ccccc3)C2=O)c(OC)c1. The van der Waals surface area contributed by atoms with Gasteiger partial charge in [-0.25, -0.2) is 4.90 Å². The van der Waals surface area contributed by atoms with Crippen LogP contribution in [-0.4, -0.2) is 31.3 Å². The maximum atomic E-state index is 12.8. The second kappa shape index (κ2) is 8.31. The number of thioether (sulfide) groups is 1. The topological polar surface area (TPSA) is 49.9 Å². The molecule has 0 atom stereocenters. The van der Waals surface area contributed by atoms with Gasteiger partial charge in [0.15, 0.2) is 0 Å². The third kappa shape index (κ3) is 3.85. The maximum absolute atomic E-state index is 12.8. The monoisotopic (exact) mass is 382 g/mol. The van der Waals surface area contributed by atoms with Crippen LogP contribution >= 0.6 is 11.8 Å². The summed E-state index contributed by atoms with van der Waals surface area (Å²) in [5.74, 6) is 0.358. The lowest BCUT2D eigenvalue weighted by Crippen LogP contribution is -2.27. The molecule has 140 valence electrons. The first kappa shape index (κ1) is 19.0. The number of carbonyl (C=O) groups excluding carboxylic acids is 2. The first-order valence-corrected chi connectivity index (χ1v) is 9.66. The van der Waals surface area contributed by atoms with Gasteiger partial charge in [-0.05, 0) is 56.0 Å². The summed E-state index contributed by atoms with van der Waals surface area (Å²) in [4.78, 5) is 28.9. The molecule has 0 aliphatic carbocycles. The molecule has 1 heterocycles. The van der Waals surface area contributed by atoms with Crippen molar-refractivity contribution in [3.63, 3.8) is 0 Å². The predicted octanol–water partition coefficient (Wildman–Crippen LogP) is 4.78. The molecule has 0 bridgehead atoms. The zero-order valence-electron chi connectivity index (χ0n) is 15.6. The highest BCUT2D eigenvalue weighted by Gasteiger charge is 2.36. The Bertz CT molecular complexity index is 876. The summed E-state index contributed by atoms with van der Waals surface area (Å²) in [6, 6.07) is 14.8. The average molecular weight is 382 g/mol. The maximum Gasteiger partial charge on any atom is 0.298 e. The van der Waals surface area contributed by atoms with E-state index in [0.717, 1.165) is 36.1 Å². The molecular weight excluding hydrogens is 360 g/mol. The van der Waals surface area contributed by atoms with Gasteiger partial charge < -0.3 is 9.64 Å². The van der Waals surface area contributed by atoms with E-state index in [-0.39, 0.29) is 11.1 Å². The Morgan fingerprint density at radius 2 is 1.78 bits per heavy atom. The van der Waals surface area contributed by atoms with Crippen molar-refractivity contribution in [1.29, 1.82) is 0 Å². The van der Waals surface area contributed by atoms with E-state index < -0.39 is 0 Å². The molecule has 5 nitrogen and oxygen atoms in total. The van der Waals surface area contributed by atoms with Crippen molar-refractivity contribution >= 4 is 40.4 Å². The number of nitrogens with zero attached hydrogens (tertiary/aromatic N) is 2. The number of amides is 2. The van der Waals surface area contributed by atoms with Crippen LogP contribution in [0.25, 0.3) is 6.08 Å². The molecule has 2 aromatic rings. The van der Waals surface area contributed by atoms with E-state index in [1.54, 1.807) is 37.5 Å². The largest absolute Gasteiger partial charge is 0.496 e. The molecule has 0 aromatic heterocycles. The van der Waals surface area contributed by atoms with Crippen molar-refractivity contribution in [1.82, 2.24) is 0 Å². The fourth-order valence-electron chi connectivity index (χ4n) is 3.01. The first-order valence-electron chi connectivity index (χ1n) is 8.85. The molecule has 2 amide bonds. The highest BCUT2D eigenvalue weighted by Crippen LogP contribution is 2.37. The lowest BCUT2D eigenvalue weighted by Gasteiger charge is -2.22. The van der Waals surface area contributed by atoms with Gasteiger partial charge in [-0.2, -0.15) is 0 Å². The molecule has 0 unspecified atom stereocenters. The Kier molecular flexibility index (Phi) is 5.86. The van der Waals surface area contributed by atoms with E-state index in [9.17, 15) is 9.59 Å². The van der Waals surface area contributed by atoms with Crippen LogP contribution in [0.1, 0.15) is 19.4 Å². The van der Waals surface area contributed by atoms with Crippen LogP contribution in [0.5, 0.6) is 5.75 Å². The average Bonchev–Trinajstić information content (AvgIpc) is 2.97. The number of rotatable bonds is 6. The number of anilines is 2. The van der Waals surface area contributed by atoms with Crippen LogP contribution < -0.4 is 14.5 Å². The highest BCUT2D eigenvalue weighted by atomic mass is 32.2. The molecule has 0 N–H and O–H groups in total. The number of hydrogen-bond donors (Lipinski definition) is 0. The molecule has 3 rings (SSSR count). The Morgan fingerprint density at radius 3 is 2.41 bits per heavy atom. The summed E-state index contributed by atoms with van der Waals surface area (Å²) in [6.45, 7) is 6.00.